The quantitative estimate of drug-likeness (QED) is 0.646. The smallest absolute Gasteiger partial charge is 0.0438 e. The fourth-order valence-electron chi connectivity index (χ4n) is 2.90. The van der Waals surface area contributed by atoms with E-state index in [0.717, 1.165) is 28.6 Å². The van der Waals surface area contributed by atoms with Gasteiger partial charge in [-0.25, -0.2) is 0 Å². The van der Waals surface area contributed by atoms with Gasteiger partial charge in [0.15, 0.2) is 0 Å². The first-order chi connectivity index (χ1) is 8.31. The number of hydrogen-bond acceptors (Lipinski definition) is 0. The minimum Gasteiger partial charge on any atom is -0.0925 e. The molecule has 1 aromatic rings. The van der Waals surface area contributed by atoms with Crippen LogP contribution in [-0.2, 0) is 6.42 Å². The van der Waals surface area contributed by atoms with E-state index in [4.69, 9.17) is 11.6 Å². The molecule has 0 aromatic heterocycles. The summed E-state index contributed by atoms with van der Waals surface area (Å²) < 4.78 is 0. The maximum Gasteiger partial charge on any atom is 0.0438 e. The second-order valence-corrected chi connectivity index (χ2v) is 6.16. The molecule has 0 spiro atoms. The van der Waals surface area contributed by atoms with E-state index < -0.39 is 0 Å². The first-order valence-electron chi connectivity index (χ1n) is 6.60. The molecule has 17 heavy (non-hydrogen) atoms. The van der Waals surface area contributed by atoms with Crippen molar-refractivity contribution in [2.24, 2.45) is 11.8 Å². The summed E-state index contributed by atoms with van der Waals surface area (Å²) in [6.07, 6.45) is 8.18. The van der Waals surface area contributed by atoms with E-state index in [2.05, 4.69) is 28.1 Å². The Labute approximate surface area is 118 Å². The standard InChI is InChI=1S/C15H20BrCl/c16-11-14(12-6-2-1-3-7-12)10-13-8-4-5-9-15(13)17/h4-5,8-9,12,14H,1-3,6-7,10-11H2. The van der Waals surface area contributed by atoms with E-state index in [1.165, 1.54) is 37.7 Å². The number of hydrogen-bond donors (Lipinski definition) is 0. The molecule has 1 unspecified atom stereocenters. The lowest BCUT2D eigenvalue weighted by atomic mass is 9.78. The van der Waals surface area contributed by atoms with Crippen molar-refractivity contribution in [3.63, 3.8) is 0 Å². The van der Waals surface area contributed by atoms with Crippen molar-refractivity contribution in [2.75, 3.05) is 5.33 Å². The Bertz CT molecular complexity index is 345. The van der Waals surface area contributed by atoms with Gasteiger partial charge in [-0.1, -0.05) is 77.8 Å². The number of alkyl halides is 1. The highest BCUT2D eigenvalue weighted by atomic mass is 79.9. The van der Waals surface area contributed by atoms with Crippen LogP contribution in [-0.4, -0.2) is 5.33 Å². The van der Waals surface area contributed by atoms with Gasteiger partial charge in [-0.2, -0.15) is 0 Å². The van der Waals surface area contributed by atoms with Crippen LogP contribution in [0.4, 0.5) is 0 Å². The molecule has 1 aromatic carbocycles. The predicted molar refractivity (Wildman–Crippen MR) is 79.0 cm³/mol. The molecule has 0 saturated heterocycles. The monoisotopic (exact) mass is 314 g/mol. The minimum absolute atomic E-state index is 0.746. The highest BCUT2D eigenvalue weighted by Crippen LogP contribution is 2.34. The van der Waals surface area contributed by atoms with Gasteiger partial charge in [0, 0.05) is 10.4 Å². The third-order valence-corrected chi connectivity index (χ3v) is 5.16. The van der Waals surface area contributed by atoms with Gasteiger partial charge in [-0.3, -0.25) is 0 Å². The SMILES string of the molecule is Clc1ccccc1CC(CBr)C1CCCCC1. The van der Waals surface area contributed by atoms with Gasteiger partial charge in [0.25, 0.3) is 0 Å². The van der Waals surface area contributed by atoms with Gasteiger partial charge in [0.2, 0.25) is 0 Å². The lowest BCUT2D eigenvalue weighted by Gasteiger charge is -2.29. The van der Waals surface area contributed by atoms with E-state index >= 15 is 0 Å². The molecule has 2 heteroatoms. The summed E-state index contributed by atoms with van der Waals surface area (Å²) in [6.45, 7) is 0. The van der Waals surface area contributed by atoms with Crippen molar-refractivity contribution in [1.29, 1.82) is 0 Å². The molecule has 1 aliphatic rings. The second-order valence-electron chi connectivity index (χ2n) is 5.11. The number of benzene rings is 1. The Morgan fingerprint density at radius 2 is 1.88 bits per heavy atom. The first-order valence-corrected chi connectivity index (χ1v) is 8.10. The largest absolute Gasteiger partial charge is 0.0925 e. The Hall–Kier alpha value is -0.0100. The molecule has 1 aliphatic carbocycles. The van der Waals surface area contributed by atoms with E-state index in [9.17, 15) is 0 Å². The molecule has 0 radical (unpaired) electrons. The van der Waals surface area contributed by atoms with Crippen molar-refractivity contribution in [2.45, 2.75) is 38.5 Å². The van der Waals surface area contributed by atoms with Gasteiger partial charge < -0.3 is 0 Å². The summed E-state index contributed by atoms with van der Waals surface area (Å²) in [4.78, 5) is 0. The van der Waals surface area contributed by atoms with Gasteiger partial charge in [-0.15, -0.1) is 0 Å². The Kier molecular flexibility index (Phi) is 5.37. The van der Waals surface area contributed by atoms with E-state index in [-0.39, 0.29) is 0 Å². The molecule has 0 amide bonds. The molecule has 0 N–H and O–H groups in total. The number of halogens is 2. The fraction of sp³-hybridized carbons (Fsp3) is 0.600. The van der Waals surface area contributed by atoms with Crippen molar-refractivity contribution in [3.8, 4) is 0 Å². The van der Waals surface area contributed by atoms with Crippen LogP contribution < -0.4 is 0 Å². The topological polar surface area (TPSA) is 0 Å². The van der Waals surface area contributed by atoms with E-state index in [0.29, 0.717) is 0 Å². The van der Waals surface area contributed by atoms with Crippen molar-refractivity contribution in [1.82, 2.24) is 0 Å². The average molecular weight is 316 g/mol. The van der Waals surface area contributed by atoms with Crippen LogP contribution in [0.1, 0.15) is 37.7 Å². The third kappa shape index (κ3) is 3.72. The van der Waals surface area contributed by atoms with Crippen LogP contribution in [0.25, 0.3) is 0 Å². The van der Waals surface area contributed by atoms with Gasteiger partial charge >= 0.3 is 0 Å². The lowest BCUT2D eigenvalue weighted by Crippen LogP contribution is -2.21. The van der Waals surface area contributed by atoms with Crippen molar-refractivity contribution in [3.05, 3.63) is 34.9 Å². The molecular weight excluding hydrogens is 296 g/mol. The van der Waals surface area contributed by atoms with Crippen LogP contribution in [0.15, 0.2) is 24.3 Å². The molecular formula is C15H20BrCl. The number of rotatable bonds is 4. The zero-order valence-corrected chi connectivity index (χ0v) is 12.5. The van der Waals surface area contributed by atoms with Gasteiger partial charge in [-0.05, 0) is 29.9 Å². The van der Waals surface area contributed by atoms with Crippen molar-refractivity contribution < 1.29 is 0 Å². The van der Waals surface area contributed by atoms with E-state index in [1.807, 2.05) is 12.1 Å². The molecule has 94 valence electrons. The van der Waals surface area contributed by atoms with Crippen LogP contribution in [0.5, 0.6) is 0 Å². The lowest BCUT2D eigenvalue weighted by molar-refractivity contribution is 0.267. The maximum atomic E-state index is 6.25. The summed E-state index contributed by atoms with van der Waals surface area (Å²) in [5, 5.41) is 2.03. The second kappa shape index (κ2) is 6.80. The van der Waals surface area contributed by atoms with Crippen molar-refractivity contribution >= 4 is 27.5 Å². The molecule has 0 bridgehead atoms. The molecule has 2 rings (SSSR count). The summed E-state index contributed by atoms with van der Waals surface area (Å²) in [5.41, 5.74) is 1.31. The zero-order valence-electron chi connectivity index (χ0n) is 10.2. The molecule has 1 fully saturated rings. The van der Waals surface area contributed by atoms with Gasteiger partial charge in [0.05, 0.1) is 0 Å². The zero-order chi connectivity index (χ0) is 12.1. The third-order valence-electron chi connectivity index (χ3n) is 3.95. The fourth-order valence-corrected chi connectivity index (χ4v) is 3.87. The molecule has 0 nitrogen and oxygen atoms in total. The Morgan fingerprint density at radius 3 is 2.53 bits per heavy atom. The molecule has 1 saturated carbocycles. The van der Waals surface area contributed by atoms with Crippen LogP contribution in [0.3, 0.4) is 0 Å². The van der Waals surface area contributed by atoms with Crippen LogP contribution in [0, 0.1) is 11.8 Å². The Morgan fingerprint density at radius 1 is 1.18 bits per heavy atom. The Balaban J connectivity index is 2.01. The maximum absolute atomic E-state index is 6.25. The average Bonchev–Trinajstić information content (AvgIpc) is 2.39. The predicted octanol–water partition coefficient (Wildman–Crippen LogP) is 5.47. The van der Waals surface area contributed by atoms with Crippen LogP contribution in [0.2, 0.25) is 5.02 Å². The molecule has 0 aliphatic heterocycles. The minimum atomic E-state index is 0.746. The normalized spacial score (nSPS) is 19.2. The van der Waals surface area contributed by atoms with Gasteiger partial charge in [0.1, 0.15) is 0 Å². The van der Waals surface area contributed by atoms with E-state index in [1.54, 1.807) is 0 Å². The highest BCUT2D eigenvalue weighted by molar-refractivity contribution is 9.09. The summed E-state index contributed by atoms with van der Waals surface area (Å²) in [5.74, 6) is 1.63. The highest BCUT2D eigenvalue weighted by Gasteiger charge is 2.23. The van der Waals surface area contributed by atoms with Crippen LogP contribution >= 0.6 is 27.5 Å². The molecule has 0 heterocycles. The summed E-state index contributed by atoms with van der Waals surface area (Å²) in [7, 11) is 0. The summed E-state index contributed by atoms with van der Waals surface area (Å²) in [6, 6.07) is 8.27. The first kappa shape index (κ1) is 13.4. The molecule has 1 atom stereocenters. The summed E-state index contributed by atoms with van der Waals surface area (Å²) >= 11 is 9.94.